The predicted octanol–water partition coefficient (Wildman–Crippen LogP) is 3.16. The summed E-state index contributed by atoms with van der Waals surface area (Å²) in [4.78, 5) is 15.1. The van der Waals surface area contributed by atoms with Crippen LogP contribution in [0.25, 0.3) is 0 Å². The summed E-state index contributed by atoms with van der Waals surface area (Å²) >= 11 is 1.67. The third-order valence-electron chi connectivity index (χ3n) is 3.20. The number of carbonyl (C=O) groups excluding carboxylic acids is 1. The number of hydrogen-bond donors (Lipinski definition) is 1. The van der Waals surface area contributed by atoms with Crippen LogP contribution in [0.4, 0.5) is 15.8 Å². The van der Waals surface area contributed by atoms with Gasteiger partial charge >= 0.3 is 0 Å². The number of anilines is 2. The lowest BCUT2D eigenvalue weighted by molar-refractivity contribution is 0.0984. The molecule has 0 spiro atoms. The zero-order chi connectivity index (χ0) is 14.1. The first kappa shape index (κ1) is 13.0. The SMILES string of the molecule is Nc1ccc2c(c1)N(C(=O)c1ccccc1F)CCS2. The van der Waals surface area contributed by atoms with Crippen LogP contribution in [-0.4, -0.2) is 18.2 Å². The molecule has 1 amide bonds. The van der Waals surface area contributed by atoms with Crippen LogP contribution in [0.5, 0.6) is 0 Å². The van der Waals surface area contributed by atoms with E-state index >= 15 is 0 Å². The van der Waals surface area contributed by atoms with E-state index in [2.05, 4.69) is 0 Å². The smallest absolute Gasteiger partial charge is 0.261 e. The maximum absolute atomic E-state index is 13.8. The third-order valence-corrected chi connectivity index (χ3v) is 4.24. The molecule has 102 valence electrons. The Hall–Kier alpha value is -2.01. The predicted molar refractivity (Wildman–Crippen MR) is 79.7 cm³/mol. The molecule has 0 aromatic heterocycles. The summed E-state index contributed by atoms with van der Waals surface area (Å²) in [5.41, 5.74) is 7.24. The van der Waals surface area contributed by atoms with Gasteiger partial charge < -0.3 is 10.6 Å². The van der Waals surface area contributed by atoms with Gasteiger partial charge in [0.05, 0.1) is 11.3 Å². The van der Waals surface area contributed by atoms with E-state index in [-0.39, 0.29) is 11.5 Å². The Morgan fingerprint density at radius 2 is 2.05 bits per heavy atom. The van der Waals surface area contributed by atoms with Crippen LogP contribution < -0.4 is 10.6 Å². The highest BCUT2D eigenvalue weighted by Crippen LogP contribution is 2.36. The Balaban J connectivity index is 2.03. The first-order valence-corrected chi connectivity index (χ1v) is 7.24. The molecule has 2 N–H and O–H groups in total. The molecule has 1 heterocycles. The number of nitrogen functional groups attached to an aromatic ring is 1. The highest BCUT2D eigenvalue weighted by molar-refractivity contribution is 7.99. The molecule has 0 bridgehead atoms. The van der Waals surface area contributed by atoms with Crippen molar-refractivity contribution in [3.63, 3.8) is 0 Å². The van der Waals surface area contributed by atoms with Crippen molar-refractivity contribution in [3.8, 4) is 0 Å². The van der Waals surface area contributed by atoms with E-state index in [1.54, 1.807) is 34.9 Å². The number of fused-ring (bicyclic) bond motifs is 1. The molecule has 0 saturated carbocycles. The molecule has 0 radical (unpaired) electrons. The summed E-state index contributed by atoms with van der Waals surface area (Å²) < 4.78 is 13.8. The maximum atomic E-state index is 13.8. The number of halogens is 1. The summed E-state index contributed by atoms with van der Waals surface area (Å²) in [5.74, 6) is -0.0340. The Labute approximate surface area is 120 Å². The molecule has 3 nitrogen and oxygen atoms in total. The van der Waals surface area contributed by atoms with Gasteiger partial charge in [-0.15, -0.1) is 11.8 Å². The Bertz CT molecular complexity index is 675. The summed E-state index contributed by atoms with van der Waals surface area (Å²) in [6.45, 7) is 0.550. The number of hydrogen-bond acceptors (Lipinski definition) is 3. The average Bonchev–Trinajstić information content (AvgIpc) is 2.46. The summed E-state index contributed by atoms with van der Waals surface area (Å²) in [7, 11) is 0. The van der Waals surface area contributed by atoms with Gasteiger partial charge in [-0.1, -0.05) is 12.1 Å². The second-order valence-electron chi connectivity index (χ2n) is 4.51. The lowest BCUT2D eigenvalue weighted by Gasteiger charge is -2.29. The molecule has 0 atom stereocenters. The number of nitrogens with two attached hydrogens (primary N) is 1. The highest BCUT2D eigenvalue weighted by atomic mass is 32.2. The standard InChI is InChI=1S/C15H13FN2OS/c16-12-4-2-1-3-11(12)15(19)18-7-8-20-14-6-5-10(17)9-13(14)18/h1-6,9H,7-8,17H2. The lowest BCUT2D eigenvalue weighted by atomic mass is 10.1. The van der Waals surface area contributed by atoms with Crippen LogP contribution in [0, 0.1) is 5.82 Å². The number of nitrogens with zero attached hydrogens (tertiary/aromatic N) is 1. The Morgan fingerprint density at radius 3 is 2.85 bits per heavy atom. The van der Waals surface area contributed by atoms with Crippen LogP contribution in [-0.2, 0) is 0 Å². The number of benzene rings is 2. The van der Waals surface area contributed by atoms with Crippen molar-refractivity contribution < 1.29 is 9.18 Å². The molecule has 2 aromatic rings. The maximum Gasteiger partial charge on any atom is 0.261 e. The van der Waals surface area contributed by atoms with Crippen molar-refractivity contribution in [2.75, 3.05) is 22.9 Å². The van der Waals surface area contributed by atoms with E-state index in [1.165, 1.54) is 12.1 Å². The second kappa shape index (κ2) is 5.17. The normalized spacial score (nSPS) is 13.9. The van der Waals surface area contributed by atoms with Crippen molar-refractivity contribution in [2.24, 2.45) is 0 Å². The summed E-state index contributed by atoms with van der Waals surface area (Å²) in [5, 5.41) is 0. The van der Waals surface area contributed by atoms with Crippen molar-refractivity contribution in [1.82, 2.24) is 0 Å². The molecule has 5 heteroatoms. The molecule has 20 heavy (non-hydrogen) atoms. The van der Waals surface area contributed by atoms with Gasteiger partial charge in [-0.25, -0.2) is 4.39 Å². The van der Waals surface area contributed by atoms with Gasteiger partial charge in [0.1, 0.15) is 5.82 Å². The number of rotatable bonds is 1. The van der Waals surface area contributed by atoms with Crippen molar-refractivity contribution >= 4 is 29.0 Å². The zero-order valence-electron chi connectivity index (χ0n) is 10.7. The number of thioether (sulfide) groups is 1. The van der Waals surface area contributed by atoms with E-state index in [4.69, 9.17) is 5.73 Å². The van der Waals surface area contributed by atoms with Crippen LogP contribution in [0.15, 0.2) is 47.4 Å². The van der Waals surface area contributed by atoms with Gasteiger partial charge in [0.2, 0.25) is 0 Å². The largest absolute Gasteiger partial charge is 0.399 e. The van der Waals surface area contributed by atoms with Gasteiger partial charge in [-0.05, 0) is 30.3 Å². The van der Waals surface area contributed by atoms with E-state index < -0.39 is 5.82 Å². The fraction of sp³-hybridized carbons (Fsp3) is 0.133. The summed E-state index contributed by atoms with van der Waals surface area (Å²) in [6, 6.07) is 11.5. The first-order chi connectivity index (χ1) is 9.66. The van der Waals surface area contributed by atoms with Crippen LogP contribution in [0.3, 0.4) is 0 Å². The molecule has 0 aliphatic carbocycles. The molecule has 2 aromatic carbocycles. The molecule has 0 unspecified atom stereocenters. The molecule has 0 saturated heterocycles. The fourth-order valence-corrected chi connectivity index (χ4v) is 3.20. The topological polar surface area (TPSA) is 46.3 Å². The first-order valence-electron chi connectivity index (χ1n) is 6.25. The fourth-order valence-electron chi connectivity index (χ4n) is 2.23. The van der Waals surface area contributed by atoms with Gasteiger partial charge in [-0.3, -0.25) is 4.79 Å². The van der Waals surface area contributed by atoms with E-state index in [9.17, 15) is 9.18 Å². The van der Waals surface area contributed by atoms with Crippen molar-refractivity contribution in [1.29, 1.82) is 0 Å². The monoisotopic (exact) mass is 288 g/mol. The van der Waals surface area contributed by atoms with Crippen molar-refractivity contribution in [3.05, 3.63) is 53.8 Å². The molecular formula is C15H13FN2OS. The minimum Gasteiger partial charge on any atom is -0.399 e. The molecule has 1 aliphatic heterocycles. The molecular weight excluding hydrogens is 275 g/mol. The highest BCUT2D eigenvalue weighted by Gasteiger charge is 2.25. The zero-order valence-corrected chi connectivity index (χ0v) is 11.5. The minimum atomic E-state index is -0.499. The Morgan fingerprint density at radius 1 is 1.25 bits per heavy atom. The molecule has 3 rings (SSSR count). The summed E-state index contributed by atoms with van der Waals surface area (Å²) in [6.07, 6.45) is 0. The Kier molecular flexibility index (Phi) is 3.36. The van der Waals surface area contributed by atoms with Crippen LogP contribution in [0.1, 0.15) is 10.4 Å². The van der Waals surface area contributed by atoms with Crippen LogP contribution >= 0.6 is 11.8 Å². The van der Waals surface area contributed by atoms with E-state index in [0.29, 0.717) is 12.2 Å². The van der Waals surface area contributed by atoms with Gasteiger partial charge in [0, 0.05) is 22.9 Å². The van der Waals surface area contributed by atoms with Gasteiger partial charge in [-0.2, -0.15) is 0 Å². The van der Waals surface area contributed by atoms with E-state index in [1.807, 2.05) is 12.1 Å². The minimum absolute atomic E-state index is 0.0905. The van der Waals surface area contributed by atoms with Crippen LogP contribution in [0.2, 0.25) is 0 Å². The quantitative estimate of drug-likeness (QED) is 0.820. The number of amides is 1. The van der Waals surface area contributed by atoms with Gasteiger partial charge in [0.25, 0.3) is 5.91 Å². The lowest BCUT2D eigenvalue weighted by Crippen LogP contribution is -2.36. The van der Waals surface area contributed by atoms with Gasteiger partial charge in [0.15, 0.2) is 0 Å². The molecule has 0 fully saturated rings. The average molecular weight is 288 g/mol. The molecule has 1 aliphatic rings. The van der Waals surface area contributed by atoms with E-state index in [0.717, 1.165) is 16.3 Å². The third kappa shape index (κ3) is 2.25. The number of carbonyl (C=O) groups is 1. The van der Waals surface area contributed by atoms with Crippen molar-refractivity contribution in [2.45, 2.75) is 4.90 Å². The second-order valence-corrected chi connectivity index (χ2v) is 5.65.